The van der Waals surface area contributed by atoms with Crippen LogP contribution in [0.3, 0.4) is 0 Å². The van der Waals surface area contributed by atoms with Gasteiger partial charge in [-0.1, -0.05) is 6.07 Å². The van der Waals surface area contributed by atoms with Gasteiger partial charge in [0.1, 0.15) is 5.82 Å². The van der Waals surface area contributed by atoms with Crippen LogP contribution >= 0.6 is 15.9 Å². The van der Waals surface area contributed by atoms with E-state index < -0.39 is 5.97 Å². The summed E-state index contributed by atoms with van der Waals surface area (Å²) in [6, 6.07) is 2.83. The van der Waals surface area contributed by atoms with Crippen molar-refractivity contribution in [3.05, 3.63) is 39.6 Å². The highest BCUT2D eigenvalue weighted by Crippen LogP contribution is 2.24. The van der Waals surface area contributed by atoms with E-state index in [0.29, 0.717) is 15.6 Å². The highest BCUT2D eigenvalue weighted by atomic mass is 79.9. The Balaban J connectivity index is 3.12. The Bertz CT molecular complexity index is 399. The molecule has 0 saturated carbocycles. The number of aliphatic carboxylic acids is 1. The van der Waals surface area contributed by atoms with Crippen molar-refractivity contribution in [1.29, 1.82) is 0 Å². The molecule has 0 fully saturated rings. The lowest BCUT2D eigenvalue weighted by molar-refractivity contribution is -0.131. The molecule has 1 aromatic carbocycles. The summed E-state index contributed by atoms with van der Waals surface area (Å²) in [6.45, 7) is 1.62. The van der Waals surface area contributed by atoms with E-state index in [1.165, 1.54) is 18.2 Å². The Hall–Kier alpha value is -1.16. The molecule has 0 aliphatic heterocycles. The van der Waals surface area contributed by atoms with E-state index in [1.807, 2.05) is 0 Å². The molecule has 0 aromatic heterocycles. The summed E-state index contributed by atoms with van der Waals surface area (Å²) in [5.41, 5.74) is 1.11. The van der Waals surface area contributed by atoms with Crippen molar-refractivity contribution in [3.63, 3.8) is 0 Å². The summed E-state index contributed by atoms with van der Waals surface area (Å²) in [4.78, 5) is 10.3. The van der Waals surface area contributed by atoms with Crippen molar-refractivity contribution in [1.82, 2.24) is 0 Å². The molecule has 1 N–H and O–H groups in total. The third kappa shape index (κ3) is 2.42. The van der Waals surface area contributed by atoms with Gasteiger partial charge in [-0.25, -0.2) is 9.18 Å². The molecule has 0 spiro atoms. The first-order valence-electron chi connectivity index (χ1n) is 3.88. The molecule has 0 radical (unpaired) electrons. The minimum Gasteiger partial charge on any atom is -0.478 e. The molecule has 0 heterocycles. The SMILES string of the molecule is Cc1c(F)ccc(/C=C/C(=O)O)c1Br. The average molecular weight is 259 g/mol. The fourth-order valence-corrected chi connectivity index (χ4v) is 1.43. The summed E-state index contributed by atoms with van der Waals surface area (Å²) in [6.07, 6.45) is 2.43. The number of carbonyl (C=O) groups is 1. The van der Waals surface area contributed by atoms with E-state index in [1.54, 1.807) is 6.92 Å². The first-order chi connectivity index (χ1) is 6.52. The molecule has 0 aliphatic rings. The van der Waals surface area contributed by atoms with E-state index >= 15 is 0 Å². The summed E-state index contributed by atoms with van der Waals surface area (Å²) in [5.74, 6) is -1.34. The van der Waals surface area contributed by atoms with E-state index in [0.717, 1.165) is 6.08 Å². The fraction of sp³-hybridized carbons (Fsp3) is 0.100. The molecular formula is C10H8BrFO2. The Labute approximate surface area is 89.2 Å². The average Bonchev–Trinajstić information content (AvgIpc) is 2.13. The van der Waals surface area contributed by atoms with Crippen LogP contribution in [0.1, 0.15) is 11.1 Å². The van der Waals surface area contributed by atoms with Crippen LogP contribution in [-0.4, -0.2) is 11.1 Å². The zero-order valence-electron chi connectivity index (χ0n) is 7.42. The number of hydrogen-bond donors (Lipinski definition) is 1. The maximum absolute atomic E-state index is 13.0. The van der Waals surface area contributed by atoms with Crippen LogP contribution in [0.25, 0.3) is 6.08 Å². The van der Waals surface area contributed by atoms with Crippen LogP contribution in [0.4, 0.5) is 4.39 Å². The molecule has 0 saturated heterocycles. The molecule has 0 amide bonds. The Morgan fingerprint density at radius 1 is 1.57 bits per heavy atom. The lowest BCUT2D eigenvalue weighted by Gasteiger charge is -2.03. The van der Waals surface area contributed by atoms with Gasteiger partial charge in [0.05, 0.1) is 0 Å². The van der Waals surface area contributed by atoms with Crippen molar-refractivity contribution in [2.24, 2.45) is 0 Å². The number of hydrogen-bond acceptors (Lipinski definition) is 1. The van der Waals surface area contributed by atoms with Crippen molar-refractivity contribution >= 4 is 28.0 Å². The Morgan fingerprint density at radius 3 is 2.79 bits per heavy atom. The van der Waals surface area contributed by atoms with Crippen LogP contribution in [0.2, 0.25) is 0 Å². The normalized spacial score (nSPS) is 10.8. The smallest absolute Gasteiger partial charge is 0.328 e. The van der Waals surface area contributed by atoms with Gasteiger partial charge in [0.25, 0.3) is 0 Å². The number of carboxylic acids is 1. The molecule has 4 heteroatoms. The predicted octanol–water partition coefficient (Wildman–Crippen LogP) is 2.99. The molecule has 14 heavy (non-hydrogen) atoms. The third-order valence-electron chi connectivity index (χ3n) is 1.76. The topological polar surface area (TPSA) is 37.3 Å². The number of rotatable bonds is 2. The summed E-state index contributed by atoms with van der Waals surface area (Å²) in [7, 11) is 0. The third-order valence-corrected chi connectivity index (χ3v) is 2.81. The number of halogens is 2. The number of carboxylic acid groups (broad SMARTS) is 1. The molecule has 0 atom stereocenters. The van der Waals surface area contributed by atoms with E-state index in [9.17, 15) is 9.18 Å². The molecule has 1 rings (SSSR count). The predicted molar refractivity (Wildman–Crippen MR) is 55.5 cm³/mol. The van der Waals surface area contributed by atoms with Gasteiger partial charge in [-0.15, -0.1) is 0 Å². The molecule has 0 bridgehead atoms. The van der Waals surface area contributed by atoms with Gasteiger partial charge < -0.3 is 5.11 Å². The van der Waals surface area contributed by atoms with Gasteiger partial charge in [-0.2, -0.15) is 0 Å². The van der Waals surface area contributed by atoms with Gasteiger partial charge in [0.15, 0.2) is 0 Å². The minimum absolute atomic E-state index is 0.315. The van der Waals surface area contributed by atoms with Crippen LogP contribution in [0.5, 0.6) is 0 Å². The van der Waals surface area contributed by atoms with Crippen molar-refractivity contribution < 1.29 is 14.3 Å². The molecule has 0 aliphatic carbocycles. The van der Waals surface area contributed by atoms with Crippen LogP contribution in [-0.2, 0) is 4.79 Å². The maximum atomic E-state index is 13.0. The highest BCUT2D eigenvalue weighted by Gasteiger charge is 2.05. The van der Waals surface area contributed by atoms with Gasteiger partial charge in [-0.05, 0) is 46.1 Å². The summed E-state index contributed by atoms with van der Waals surface area (Å²) in [5, 5.41) is 8.41. The monoisotopic (exact) mass is 258 g/mol. The standard InChI is InChI=1S/C10H8BrFO2/c1-6-8(12)4-2-7(10(6)11)3-5-9(13)14/h2-5H,1H3,(H,13,14)/b5-3+. The second-order valence-electron chi connectivity index (χ2n) is 2.75. The van der Waals surface area contributed by atoms with Crippen LogP contribution < -0.4 is 0 Å². The second kappa shape index (κ2) is 4.37. The zero-order chi connectivity index (χ0) is 10.7. The Kier molecular flexibility index (Phi) is 3.41. The van der Waals surface area contributed by atoms with Crippen LogP contribution in [0, 0.1) is 12.7 Å². The Morgan fingerprint density at radius 2 is 2.21 bits per heavy atom. The molecule has 2 nitrogen and oxygen atoms in total. The van der Waals surface area contributed by atoms with Crippen LogP contribution in [0.15, 0.2) is 22.7 Å². The lowest BCUT2D eigenvalue weighted by atomic mass is 10.1. The molecule has 74 valence electrons. The van der Waals surface area contributed by atoms with Crippen molar-refractivity contribution in [2.75, 3.05) is 0 Å². The lowest BCUT2D eigenvalue weighted by Crippen LogP contribution is -1.89. The quantitative estimate of drug-likeness (QED) is 0.829. The first kappa shape index (κ1) is 10.9. The molecular weight excluding hydrogens is 251 g/mol. The van der Waals surface area contributed by atoms with E-state index in [2.05, 4.69) is 15.9 Å². The molecule has 1 aromatic rings. The van der Waals surface area contributed by atoms with Gasteiger partial charge in [-0.3, -0.25) is 0 Å². The highest BCUT2D eigenvalue weighted by molar-refractivity contribution is 9.10. The van der Waals surface area contributed by atoms with Gasteiger partial charge >= 0.3 is 5.97 Å². The van der Waals surface area contributed by atoms with Crippen molar-refractivity contribution in [2.45, 2.75) is 6.92 Å². The maximum Gasteiger partial charge on any atom is 0.328 e. The number of benzene rings is 1. The second-order valence-corrected chi connectivity index (χ2v) is 3.54. The zero-order valence-corrected chi connectivity index (χ0v) is 9.01. The van der Waals surface area contributed by atoms with Crippen molar-refractivity contribution in [3.8, 4) is 0 Å². The summed E-state index contributed by atoms with van der Waals surface area (Å²) >= 11 is 3.20. The van der Waals surface area contributed by atoms with Gasteiger partial charge in [0.2, 0.25) is 0 Å². The first-order valence-corrected chi connectivity index (χ1v) is 4.67. The summed E-state index contributed by atoms with van der Waals surface area (Å²) < 4.78 is 13.6. The van der Waals surface area contributed by atoms with E-state index in [4.69, 9.17) is 5.11 Å². The fourth-order valence-electron chi connectivity index (χ4n) is 0.972. The van der Waals surface area contributed by atoms with E-state index in [-0.39, 0.29) is 5.82 Å². The molecule has 0 unspecified atom stereocenters. The minimum atomic E-state index is -1.03. The largest absolute Gasteiger partial charge is 0.478 e. The van der Waals surface area contributed by atoms with Gasteiger partial charge in [0, 0.05) is 10.5 Å².